The van der Waals surface area contributed by atoms with Gasteiger partial charge in [-0.05, 0) is 73.6 Å². The molecule has 4 aromatic rings. The summed E-state index contributed by atoms with van der Waals surface area (Å²) in [6.07, 6.45) is 2.80. The van der Waals surface area contributed by atoms with E-state index in [9.17, 15) is 10.1 Å². The van der Waals surface area contributed by atoms with Gasteiger partial charge in [-0.25, -0.2) is 4.98 Å². The maximum Gasteiger partial charge on any atom is 0.244 e. The lowest BCUT2D eigenvalue weighted by Crippen LogP contribution is -2.34. The second-order valence-corrected chi connectivity index (χ2v) is 11.8. The quantitative estimate of drug-likeness (QED) is 0.261. The van der Waals surface area contributed by atoms with Crippen LogP contribution in [-0.4, -0.2) is 16.1 Å². The summed E-state index contributed by atoms with van der Waals surface area (Å²) in [6.45, 7) is 1.91. The highest BCUT2D eigenvalue weighted by atomic mass is 32.2. The molecule has 0 bridgehead atoms. The molecule has 1 aromatic heterocycles. The highest BCUT2D eigenvalue weighted by molar-refractivity contribution is 8.00. The number of nitriles is 1. The molecule has 3 aromatic carbocycles. The van der Waals surface area contributed by atoms with Gasteiger partial charge in [-0.1, -0.05) is 78.1 Å². The number of pyridine rings is 1. The second-order valence-electron chi connectivity index (χ2n) is 9.38. The average Bonchev–Trinajstić information content (AvgIpc) is 2.95. The van der Waals surface area contributed by atoms with E-state index in [4.69, 9.17) is 4.98 Å². The van der Waals surface area contributed by atoms with Crippen LogP contribution in [0.25, 0.3) is 0 Å². The third-order valence-corrected chi connectivity index (χ3v) is 9.25. The third-order valence-electron chi connectivity index (χ3n) is 7.03. The first kappa shape index (κ1) is 23.8. The fourth-order valence-corrected chi connectivity index (χ4v) is 7.16. The summed E-state index contributed by atoms with van der Waals surface area (Å²) >= 11 is 3.07. The fraction of sp³-hybridized carbons (Fsp3) is 0.194. The number of fused-ring (bicyclic) bond motifs is 3. The highest BCUT2D eigenvalue weighted by Crippen LogP contribution is 2.48. The van der Waals surface area contributed by atoms with Crippen molar-refractivity contribution >= 4 is 40.8 Å². The van der Waals surface area contributed by atoms with Crippen LogP contribution in [0.2, 0.25) is 0 Å². The van der Waals surface area contributed by atoms with Crippen LogP contribution >= 0.6 is 23.5 Å². The maximum absolute atomic E-state index is 13.9. The zero-order valence-electron chi connectivity index (χ0n) is 20.4. The third kappa shape index (κ3) is 4.54. The van der Waals surface area contributed by atoms with Gasteiger partial charge in [0.1, 0.15) is 11.1 Å². The van der Waals surface area contributed by atoms with Gasteiger partial charge >= 0.3 is 0 Å². The predicted molar refractivity (Wildman–Crippen MR) is 150 cm³/mol. The monoisotopic (exact) mass is 519 g/mol. The maximum atomic E-state index is 13.9. The number of nitrogens with zero attached hydrogens (tertiary/aromatic N) is 3. The van der Waals surface area contributed by atoms with Crippen LogP contribution in [0.15, 0.2) is 99.7 Å². The van der Waals surface area contributed by atoms with Crippen molar-refractivity contribution < 1.29 is 4.79 Å². The van der Waals surface area contributed by atoms with Crippen LogP contribution in [0.3, 0.4) is 0 Å². The molecule has 2 unspecified atom stereocenters. The first-order valence-electron chi connectivity index (χ1n) is 12.5. The molecule has 0 saturated heterocycles. The van der Waals surface area contributed by atoms with E-state index in [-0.39, 0.29) is 5.91 Å². The van der Waals surface area contributed by atoms with Crippen molar-refractivity contribution in [1.29, 1.82) is 5.26 Å². The van der Waals surface area contributed by atoms with Crippen LogP contribution in [0.1, 0.15) is 41.6 Å². The molecule has 0 saturated carbocycles. The van der Waals surface area contributed by atoms with Crippen LogP contribution in [-0.2, 0) is 17.6 Å². The van der Waals surface area contributed by atoms with E-state index in [0.29, 0.717) is 16.5 Å². The minimum atomic E-state index is -0.414. The minimum Gasteiger partial charge on any atom is -0.278 e. The molecule has 1 aliphatic heterocycles. The lowest BCUT2D eigenvalue weighted by molar-refractivity contribution is -0.117. The van der Waals surface area contributed by atoms with Crippen molar-refractivity contribution in [2.24, 2.45) is 0 Å². The molecule has 1 amide bonds. The van der Waals surface area contributed by atoms with Gasteiger partial charge in [-0.3, -0.25) is 9.69 Å². The van der Waals surface area contributed by atoms with E-state index in [1.807, 2.05) is 60.4 Å². The molecule has 0 fully saturated rings. The molecular weight excluding hydrogens is 494 g/mol. The summed E-state index contributed by atoms with van der Waals surface area (Å²) in [5, 5.41) is 10.2. The number of carbonyl (C=O) groups is 1. The second kappa shape index (κ2) is 10.1. The SMILES string of the molecule is CC(Sc1nc2c(cc1C#N)CC(c1ccccc1)CC2)C(=O)N1c2ccccc2Sc2ccccc21. The van der Waals surface area contributed by atoms with Crippen molar-refractivity contribution in [1.82, 2.24) is 4.98 Å². The summed E-state index contributed by atoms with van der Waals surface area (Å²) in [5.41, 5.74) is 5.88. The first-order valence-corrected chi connectivity index (χ1v) is 14.2. The van der Waals surface area contributed by atoms with Gasteiger partial charge in [0.2, 0.25) is 5.91 Å². The number of hydrogen-bond donors (Lipinski definition) is 0. The Morgan fingerprint density at radius 1 is 1.03 bits per heavy atom. The zero-order valence-corrected chi connectivity index (χ0v) is 22.1. The number of aromatic nitrogens is 1. The van der Waals surface area contributed by atoms with E-state index < -0.39 is 5.25 Å². The Bertz CT molecular complexity index is 1480. The Hall–Kier alpha value is -3.53. The fourth-order valence-electron chi connectivity index (χ4n) is 5.17. The molecule has 0 spiro atoms. The number of hydrogen-bond acceptors (Lipinski definition) is 5. The molecule has 4 nitrogen and oxygen atoms in total. The molecule has 2 aliphatic rings. The summed E-state index contributed by atoms with van der Waals surface area (Å²) in [7, 11) is 0. The Labute approximate surface area is 225 Å². The summed E-state index contributed by atoms with van der Waals surface area (Å²) in [6, 6.07) is 30.9. The first-order chi connectivity index (χ1) is 18.1. The Balaban J connectivity index is 1.28. The lowest BCUT2D eigenvalue weighted by atomic mass is 9.82. The molecule has 6 heteroatoms. The number of anilines is 2. The highest BCUT2D eigenvalue weighted by Gasteiger charge is 2.32. The van der Waals surface area contributed by atoms with Crippen LogP contribution < -0.4 is 4.90 Å². The summed E-state index contributed by atoms with van der Waals surface area (Å²) in [4.78, 5) is 22.8. The minimum absolute atomic E-state index is 0.0160. The Kier molecular flexibility index (Phi) is 6.50. The van der Waals surface area contributed by atoms with Crippen LogP contribution in [0.5, 0.6) is 0 Å². The van der Waals surface area contributed by atoms with Gasteiger partial charge in [-0.2, -0.15) is 5.26 Å². The van der Waals surface area contributed by atoms with Crippen molar-refractivity contribution in [2.45, 2.75) is 52.2 Å². The number of benzene rings is 3. The molecule has 182 valence electrons. The van der Waals surface area contributed by atoms with Gasteiger partial charge < -0.3 is 0 Å². The smallest absolute Gasteiger partial charge is 0.244 e. The van der Waals surface area contributed by atoms with Crippen LogP contribution in [0, 0.1) is 11.3 Å². The number of rotatable bonds is 4. The van der Waals surface area contributed by atoms with Crippen molar-refractivity contribution in [3.63, 3.8) is 0 Å². The number of para-hydroxylation sites is 2. The van der Waals surface area contributed by atoms with Crippen molar-refractivity contribution in [3.8, 4) is 6.07 Å². The average molecular weight is 520 g/mol. The van der Waals surface area contributed by atoms with Gasteiger partial charge in [-0.15, -0.1) is 0 Å². The number of carbonyl (C=O) groups excluding carboxylic acids is 1. The van der Waals surface area contributed by atoms with E-state index >= 15 is 0 Å². The van der Waals surface area contributed by atoms with E-state index in [0.717, 1.165) is 51.7 Å². The van der Waals surface area contributed by atoms with Crippen LogP contribution in [0.4, 0.5) is 11.4 Å². The molecule has 1 aliphatic carbocycles. The van der Waals surface area contributed by atoms with Gasteiger partial charge in [0.15, 0.2) is 0 Å². The van der Waals surface area contributed by atoms with Gasteiger partial charge in [0.25, 0.3) is 0 Å². The van der Waals surface area contributed by atoms with Gasteiger partial charge in [0, 0.05) is 15.5 Å². The Morgan fingerprint density at radius 3 is 2.35 bits per heavy atom. The summed E-state index contributed by atoms with van der Waals surface area (Å²) < 4.78 is 0. The molecule has 2 heterocycles. The van der Waals surface area contributed by atoms with E-state index in [1.165, 1.54) is 17.3 Å². The molecule has 37 heavy (non-hydrogen) atoms. The lowest BCUT2D eigenvalue weighted by Gasteiger charge is -2.32. The predicted octanol–water partition coefficient (Wildman–Crippen LogP) is 7.54. The molecule has 0 radical (unpaired) electrons. The summed E-state index contributed by atoms with van der Waals surface area (Å²) in [5.74, 6) is 0.427. The molecule has 6 rings (SSSR count). The van der Waals surface area contributed by atoms with Crippen molar-refractivity contribution in [2.75, 3.05) is 4.90 Å². The normalized spacial score (nSPS) is 16.6. The standard InChI is InChI=1S/C31H25N3OS2/c1-20(31(35)34-26-11-5-7-13-28(26)37-29-14-8-6-12-27(29)34)36-30-24(19-32)18-23-17-22(15-16-25(23)33-30)21-9-3-2-4-10-21/h2-14,18,20,22H,15-17H2,1H3. The van der Waals surface area contributed by atoms with Crippen molar-refractivity contribution in [3.05, 3.63) is 107 Å². The largest absolute Gasteiger partial charge is 0.278 e. The molecule has 0 N–H and O–H groups in total. The topological polar surface area (TPSA) is 57.0 Å². The zero-order chi connectivity index (χ0) is 25.4. The number of amides is 1. The molecular formula is C31H25N3OS2. The van der Waals surface area contributed by atoms with E-state index in [1.54, 1.807) is 11.8 Å². The number of thioether (sulfide) groups is 1. The van der Waals surface area contributed by atoms with Gasteiger partial charge in [0.05, 0.1) is 22.2 Å². The Morgan fingerprint density at radius 2 is 1.68 bits per heavy atom. The van der Waals surface area contributed by atoms with E-state index in [2.05, 4.69) is 42.5 Å². The molecule has 2 atom stereocenters. The number of aryl methyl sites for hydroxylation is 1.